The van der Waals surface area contributed by atoms with Crippen LogP contribution in [0, 0.1) is 19.8 Å². The highest BCUT2D eigenvalue weighted by atomic mass is 32.2. The number of rotatable bonds is 10. The number of benzene rings is 1. The van der Waals surface area contributed by atoms with Crippen LogP contribution in [0.1, 0.15) is 54.9 Å². The maximum absolute atomic E-state index is 12.9. The van der Waals surface area contributed by atoms with E-state index in [0.29, 0.717) is 30.8 Å². The molecule has 0 amide bonds. The zero-order chi connectivity index (χ0) is 24.9. The lowest BCUT2D eigenvalue weighted by atomic mass is 9.98. The maximum Gasteiger partial charge on any atom is 0.309 e. The number of ether oxygens (including phenoxy) is 2. The van der Waals surface area contributed by atoms with Crippen LogP contribution in [0.3, 0.4) is 0 Å². The average Bonchev–Trinajstić information content (AvgIpc) is 3.11. The van der Waals surface area contributed by atoms with Crippen LogP contribution < -0.4 is 4.74 Å². The van der Waals surface area contributed by atoms with Gasteiger partial charge in [-0.25, -0.2) is 8.42 Å². The minimum absolute atomic E-state index is 0.197. The molecule has 0 N–H and O–H groups in total. The van der Waals surface area contributed by atoms with Crippen molar-refractivity contribution in [2.24, 2.45) is 5.92 Å². The van der Waals surface area contributed by atoms with Gasteiger partial charge in [-0.05, 0) is 70.4 Å². The number of aromatic nitrogens is 1. The van der Waals surface area contributed by atoms with Gasteiger partial charge in [-0.2, -0.15) is 4.31 Å². The number of ketones is 1. The molecule has 1 saturated heterocycles. The number of aryl methyl sites for hydroxylation is 1. The molecule has 2 aromatic rings. The Kier molecular flexibility index (Phi) is 8.54. The number of sulfonamides is 1. The molecule has 186 valence electrons. The van der Waals surface area contributed by atoms with Crippen LogP contribution in [0.2, 0.25) is 0 Å². The Morgan fingerprint density at radius 1 is 1.06 bits per heavy atom. The Balaban J connectivity index is 1.53. The Morgan fingerprint density at radius 2 is 1.71 bits per heavy atom. The van der Waals surface area contributed by atoms with E-state index < -0.39 is 21.9 Å². The zero-order valence-electron chi connectivity index (χ0n) is 20.4. The number of carbonyl (C=O) groups is 2. The third-order valence-electron chi connectivity index (χ3n) is 6.23. The molecule has 0 aliphatic carbocycles. The third kappa shape index (κ3) is 5.70. The van der Waals surface area contributed by atoms with Crippen molar-refractivity contribution >= 4 is 21.8 Å². The molecule has 1 aromatic carbocycles. The van der Waals surface area contributed by atoms with Crippen molar-refractivity contribution < 1.29 is 27.5 Å². The Morgan fingerprint density at radius 3 is 2.29 bits per heavy atom. The molecule has 1 aliphatic rings. The predicted octanol–water partition coefficient (Wildman–Crippen LogP) is 3.74. The first-order valence-corrected chi connectivity index (χ1v) is 13.2. The lowest BCUT2D eigenvalue weighted by Crippen LogP contribution is -2.40. The van der Waals surface area contributed by atoms with Gasteiger partial charge in [0.25, 0.3) is 0 Å². The summed E-state index contributed by atoms with van der Waals surface area (Å²) in [5.41, 5.74) is 2.47. The number of nitrogens with zero attached hydrogens (tertiary/aromatic N) is 2. The number of esters is 1. The maximum atomic E-state index is 12.9. The molecule has 1 aliphatic heterocycles. The van der Waals surface area contributed by atoms with E-state index in [1.807, 2.05) is 26.8 Å². The van der Waals surface area contributed by atoms with E-state index in [4.69, 9.17) is 9.47 Å². The van der Waals surface area contributed by atoms with E-state index in [1.54, 1.807) is 12.1 Å². The molecule has 0 spiro atoms. The fourth-order valence-electron chi connectivity index (χ4n) is 4.34. The van der Waals surface area contributed by atoms with Crippen LogP contribution in [0.15, 0.2) is 35.2 Å². The summed E-state index contributed by atoms with van der Waals surface area (Å²) < 4.78 is 40.0. The number of Topliss-reactive ketones (excluding diaryl/α,β-unsaturated/α-hetero) is 1. The summed E-state index contributed by atoms with van der Waals surface area (Å²) in [5, 5.41) is 0. The summed E-state index contributed by atoms with van der Waals surface area (Å²) in [6.45, 7) is 9.29. The van der Waals surface area contributed by atoms with Crippen molar-refractivity contribution in [3.05, 3.63) is 47.3 Å². The molecule has 1 aromatic heterocycles. The molecule has 9 heteroatoms. The zero-order valence-corrected chi connectivity index (χ0v) is 21.2. The Bertz CT molecular complexity index is 1110. The Hall–Kier alpha value is -2.65. The van der Waals surface area contributed by atoms with Crippen molar-refractivity contribution in [3.63, 3.8) is 0 Å². The van der Waals surface area contributed by atoms with Gasteiger partial charge in [0.15, 0.2) is 6.61 Å². The first-order chi connectivity index (χ1) is 16.2. The van der Waals surface area contributed by atoms with E-state index in [9.17, 15) is 18.0 Å². The lowest BCUT2D eigenvalue weighted by molar-refractivity contribution is -0.148. The van der Waals surface area contributed by atoms with Crippen molar-refractivity contribution in [3.8, 4) is 5.75 Å². The topological polar surface area (TPSA) is 94.9 Å². The summed E-state index contributed by atoms with van der Waals surface area (Å²) in [7, 11) is -3.65. The van der Waals surface area contributed by atoms with E-state index in [0.717, 1.165) is 24.4 Å². The average molecular weight is 491 g/mol. The molecule has 3 rings (SSSR count). The van der Waals surface area contributed by atoms with Crippen LogP contribution >= 0.6 is 0 Å². The van der Waals surface area contributed by atoms with Gasteiger partial charge in [-0.3, -0.25) is 9.59 Å². The molecule has 0 bridgehead atoms. The molecule has 34 heavy (non-hydrogen) atoms. The van der Waals surface area contributed by atoms with Crippen LogP contribution in [-0.2, 0) is 26.1 Å². The largest absolute Gasteiger partial charge is 0.494 e. The summed E-state index contributed by atoms with van der Waals surface area (Å²) in [6.07, 6.45) is 1.68. The molecular formula is C25H34N2O6S. The second-order valence-electron chi connectivity index (χ2n) is 8.55. The minimum Gasteiger partial charge on any atom is -0.494 e. The van der Waals surface area contributed by atoms with Gasteiger partial charge in [-0.1, -0.05) is 6.92 Å². The highest BCUT2D eigenvalue weighted by molar-refractivity contribution is 7.89. The van der Waals surface area contributed by atoms with Crippen LogP contribution in [0.5, 0.6) is 5.75 Å². The summed E-state index contributed by atoms with van der Waals surface area (Å²) in [5.74, 6) is -0.481. The predicted molar refractivity (Wildman–Crippen MR) is 129 cm³/mol. The smallest absolute Gasteiger partial charge is 0.309 e. The van der Waals surface area contributed by atoms with Crippen molar-refractivity contribution in [1.29, 1.82) is 0 Å². The molecule has 1 fully saturated rings. The van der Waals surface area contributed by atoms with E-state index >= 15 is 0 Å². The molecule has 0 saturated carbocycles. The number of hydrogen-bond donors (Lipinski definition) is 0. The molecule has 0 radical (unpaired) electrons. The van der Waals surface area contributed by atoms with Crippen molar-refractivity contribution in [1.82, 2.24) is 8.87 Å². The summed E-state index contributed by atoms with van der Waals surface area (Å²) in [4.78, 5) is 25.4. The van der Waals surface area contributed by atoms with Gasteiger partial charge in [0.05, 0.1) is 17.4 Å². The van der Waals surface area contributed by atoms with Gasteiger partial charge >= 0.3 is 5.97 Å². The second-order valence-corrected chi connectivity index (χ2v) is 10.5. The van der Waals surface area contributed by atoms with Gasteiger partial charge < -0.3 is 14.0 Å². The number of piperidine rings is 1. The molecule has 2 heterocycles. The third-order valence-corrected chi connectivity index (χ3v) is 8.14. The van der Waals surface area contributed by atoms with Crippen LogP contribution in [-0.4, -0.2) is 55.3 Å². The van der Waals surface area contributed by atoms with Gasteiger partial charge in [0.1, 0.15) is 5.75 Å². The molecule has 0 atom stereocenters. The first kappa shape index (κ1) is 26.0. The monoisotopic (exact) mass is 490 g/mol. The standard InChI is InChI=1S/C25H34N2O6S/c1-5-13-27-18(3)16-23(19(27)4)24(28)17-33-25(29)20-11-14-26(15-12-20)34(30,31)22-9-7-21(8-10-22)32-6-2/h7-10,16,20H,5-6,11-15,17H2,1-4H3. The molecule has 8 nitrogen and oxygen atoms in total. The fraction of sp³-hybridized carbons (Fsp3) is 0.520. The van der Waals surface area contributed by atoms with Gasteiger partial charge in [0.2, 0.25) is 15.8 Å². The first-order valence-electron chi connectivity index (χ1n) is 11.8. The van der Waals surface area contributed by atoms with Gasteiger partial charge in [-0.15, -0.1) is 0 Å². The van der Waals surface area contributed by atoms with Crippen molar-refractivity contribution in [2.75, 3.05) is 26.3 Å². The van der Waals surface area contributed by atoms with Crippen molar-refractivity contribution in [2.45, 2.75) is 58.4 Å². The SMILES string of the molecule is CCCn1c(C)cc(C(=O)COC(=O)C2CCN(S(=O)(=O)c3ccc(OCC)cc3)CC2)c1C. The molecule has 0 unspecified atom stereocenters. The quantitative estimate of drug-likeness (QED) is 0.372. The lowest BCUT2D eigenvalue weighted by Gasteiger charge is -2.30. The van der Waals surface area contributed by atoms with E-state index in [2.05, 4.69) is 11.5 Å². The van der Waals surface area contributed by atoms with Crippen LogP contribution in [0.25, 0.3) is 0 Å². The Labute approximate surface area is 201 Å². The highest BCUT2D eigenvalue weighted by Crippen LogP contribution is 2.26. The summed E-state index contributed by atoms with van der Waals surface area (Å²) >= 11 is 0. The number of carbonyl (C=O) groups excluding carboxylic acids is 2. The van der Waals surface area contributed by atoms with E-state index in [1.165, 1.54) is 16.4 Å². The molecular weight excluding hydrogens is 456 g/mol. The number of hydrogen-bond acceptors (Lipinski definition) is 6. The highest BCUT2D eigenvalue weighted by Gasteiger charge is 2.33. The van der Waals surface area contributed by atoms with E-state index in [-0.39, 0.29) is 30.4 Å². The van der Waals surface area contributed by atoms with Crippen LogP contribution in [0.4, 0.5) is 0 Å². The summed E-state index contributed by atoms with van der Waals surface area (Å²) in [6, 6.07) is 8.17. The fourth-order valence-corrected chi connectivity index (χ4v) is 5.81. The minimum atomic E-state index is -3.65. The normalized spacial score (nSPS) is 15.3. The van der Waals surface area contributed by atoms with Gasteiger partial charge in [0, 0.05) is 36.6 Å². The second kappa shape index (κ2) is 11.2.